The van der Waals surface area contributed by atoms with E-state index in [2.05, 4.69) is 10.6 Å². The number of amides is 2. The Hall–Kier alpha value is -2.88. The molecule has 6 rings (SSSR count). The van der Waals surface area contributed by atoms with Gasteiger partial charge in [0.05, 0.1) is 28.0 Å². The van der Waals surface area contributed by atoms with Crippen molar-refractivity contribution in [2.24, 2.45) is 0 Å². The minimum atomic E-state index is -3.51. The van der Waals surface area contributed by atoms with Gasteiger partial charge in [0, 0.05) is 37.0 Å². The van der Waals surface area contributed by atoms with Gasteiger partial charge in [-0.25, -0.2) is 16.8 Å². The van der Waals surface area contributed by atoms with Crippen LogP contribution in [0.5, 0.6) is 0 Å². The van der Waals surface area contributed by atoms with Crippen molar-refractivity contribution in [3.05, 3.63) is 60.7 Å². The number of carbonyl (C=O) groups is 2. The average Bonchev–Trinajstić information content (AvgIpc) is 3.89. The normalized spacial score (nSPS) is 24.3. The standard InChI is InChI=1S/C33H44N4O8S2/c38-30(28-23-32(15-7-8-16-32)36(44-28)19-21-46(40,41)26-11-3-1-4-12-26)34-25-35-31(39)29-24-33(17-9-10-18-33)37(45-29)20-22-47(42,43)27-13-5-2-6-14-27/h1-6,11-14,28-29H,7-10,15-25H2,(H,34,38)(H,35,39). The van der Waals surface area contributed by atoms with E-state index in [4.69, 9.17) is 9.68 Å². The average molecular weight is 689 g/mol. The lowest BCUT2D eigenvalue weighted by molar-refractivity contribution is -0.188. The minimum Gasteiger partial charge on any atom is -0.336 e. The van der Waals surface area contributed by atoms with Crippen molar-refractivity contribution in [2.45, 2.75) is 97.3 Å². The van der Waals surface area contributed by atoms with Crippen LogP contribution in [-0.2, 0) is 38.9 Å². The van der Waals surface area contributed by atoms with E-state index in [1.165, 1.54) is 0 Å². The Morgan fingerprint density at radius 2 is 1.00 bits per heavy atom. The molecule has 14 heteroatoms. The monoisotopic (exact) mass is 688 g/mol. The highest BCUT2D eigenvalue weighted by Gasteiger charge is 2.52. The minimum absolute atomic E-state index is 0.123. The lowest BCUT2D eigenvalue weighted by atomic mass is 9.91. The Labute approximate surface area is 276 Å². The summed E-state index contributed by atoms with van der Waals surface area (Å²) in [5.74, 6) is -1.00. The SMILES string of the molecule is O=C(NCNC(=O)C1CC2(CCCC2)N(CCS(=O)(=O)c2ccccc2)O1)C1CC2(CCCC2)N(CCS(=O)(=O)c2ccccc2)O1. The fraction of sp³-hybridized carbons (Fsp3) is 0.576. The first-order valence-electron chi connectivity index (χ1n) is 16.5. The highest BCUT2D eigenvalue weighted by atomic mass is 32.2. The fourth-order valence-electron chi connectivity index (χ4n) is 7.68. The Morgan fingerprint density at radius 3 is 1.36 bits per heavy atom. The van der Waals surface area contributed by atoms with Gasteiger partial charge in [-0.05, 0) is 49.9 Å². The van der Waals surface area contributed by atoms with Crippen LogP contribution >= 0.6 is 0 Å². The van der Waals surface area contributed by atoms with E-state index < -0.39 is 31.9 Å². The smallest absolute Gasteiger partial charge is 0.252 e. The summed E-state index contributed by atoms with van der Waals surface area (Å²) < 4.78 is 51.7. The van der Waals surface area contributed by atoms with Crippen molar-refractivity contribution >= 4 is 31.5 Å². The summed E-state index contributed by atoms with van der Waals surface area (Å²) in [6, 6.07) is 16.6. The third-order valence-corrected chi connectivity index (χ3v) is 13.6. The van der Waals surface area contributed by atoms with Gasteiger partial charge in [-0.15, -0.1) is 0 Å². The molecule has 0 radical (unpaired) electrons. The maximum absolute atomic E-state index is 13.2. The van der Waals surface area contributed by atoms with E-state index in [0.29, 0.717) is 12.8 Å². The zero-order chi connectivity index (χ0) is 33.1. The number of hydrogen-bond donors (Lipinski definition) is 2. The molecule has 2 N–H and O–H groups in total. The van der Waals surface area contributed by atoms with Crippen molar-refractivity contribution < 1.29 is 36.1 Å². The number of hydrogen-bond acceptors (Lipinski definition) is 10. The van der Waals surface area contributed by atoms with Gasteiger partial charge in [0.15, 0.2) is 31.9 Å². The van der Waals surface area contributed by atoms with Gasteiger partial charge in [0.1, 0.15) is 0 Å². The first-order valence-corrected chi connectivity index (χ1v) is 19.8. The number of rotatable bonds is 12. The lowest BCUT2D eigenvalue weighted by Gasteiger charge is -2.32. The van der Waals surface area contributed by atoms with Gasteiger partial charge >= 0.3 is 0 Å². The van der Waals surface area contributed by atoms with Crippen LogP contribution in [-0.4, -0.2) is 93.3 Å². The molecule has 12 nitrogen and oxygen atoms in total. The molecule has 4 fully saturated rings. The summed E-state index contributed by atoms with van der Waals surface area (Å²) in [5.41, 5.74) is -0.773. The molecule has 2 spiro atoms. The van der Waals surface area contributed by atoms with Crippen molar-refractivity contribution in [1.82, 2.24) is 20.8 Å². The zero-order valence-electron chi connectivity index (χ0n) is 26.5. The fourth-order valence-corrected chi connectivity index (χ4v) is 10.1. The quantitative estimate of drug-likeness (QED) is 0.319. The molecule has 2 saturated heterocycles. The Bertz CT molecular complexity index is 1510. The second-order valence-corrected chi connectivity index (χ2v) is 17.4. The summed E-state index contributed by atoms with van der Waals surface area (Å²) in [6.45, 7) is 0.186. The summed E-state index contributed by atoms with van der Waals surface area (Å²) in [7, 11) is -7.03. The van der Waals surface area contributed by atoms with Gasteiger partial charge in [-0.3, -0.25) is 19.3 Å². The Kier molecular flexibility index (Phi) is 10.1. The van der Waals surface area contributed by atoms with E-state index in [-0.39, 0.29) is 63.9 Å². The van der Waals surface area contributed by atoms with Crippen LogP contribution in [0.2, 0.25) is 0 Å². The van der Waals surface area contributed by atoms with Crippen molar-refractivity contribution in [3.8, 4) is 0 Å². The number of carbonyl (C=O) groups excluding carboxylic acids is 2. The molecule has 2 aromatic carbocycles. The van der Waals surface area contributed by atoms with Crippen LogP contribution in [0.3, 0.4) is 0 Å². The third-order valence-electron chi connectivity index (χ3n) is 10.2. The van der Waals surface area contributed by atoms with Crippen LogP contribution in [0.25, 0.3) is 0 Å². The van der Waals surface area contributed by atoms with E-state index in [9.17, 15) is 26.4 Å². The molecule has 0 bridgehead atoms. The van der Waals surface area contributed by atoms with E-state index in [1.54, 1.807) is 70.8 Å². The van der Waals surface area contributed by atoms with Gasteiger partial charge in [0.2, 0.25) is 0 Å². The molecule has 2 aliphatic carbocycles. The lowest BCUT2D eigenvalue weighted by Crippen LogP contribution is -2.45. The van der Waals surface area contributed by atoms with Crippen molar-refractivity contribution in [2.75, 3.05) is 31.3 Å². The predicted octanol–water partition coefficient (Wildman–Crippen LogP) is 2.76. The second kappa shape index (κ2) is 13.9. The first kappa shape index (κ1) is 34.0. The van der Waals surface area contributed by atoms with Gasteiger partial charge in [-0.1, -0.05) is 62.1 Å². The molecule has 2 saturated carbocycles. The van der Waals surface area contributed by atoms with Crippen LogP contribution < -0.4 is 10.6 Å². The Morgan fingerprint density at radius 1 is 0.638 bits per heavy atom. The number of nitrogens with one attached hydrogen (secondary N) is 2. The number of hydroxylamine groups is 4. The molecule has 0 aromatic heterocycles. The van der Waals surface area contributed by atoms with Crippen LogP contribution in [0.15, 0.2) is 70.5 Å². The molecule has 47 heavy (non-hydrogen) atoms. The molecule has 4 aliphatic rings. The summed E-state index contributed by atoms with van der Waals surface area (Å²) >= 11 is 0. The van der Waals surface area contributed by atoms with E-state index in [0.717, 1.165) is 51.4 Å². The van der Waals surface area contributed by atoms with E-state index >= 15 is 0 Å². The first-order chi connectivity index (χ1) is 22.5. The molecule has 2 aromatic rings. The Balaban J connectivity index is 1.01. The van der Waals surface area contributed by atoms with Gasteiger partial charge in [0.25, 0.3) is 11.8 Å². The van der Waals surface area contributed by atoms with Crippen molar-refractivity contribution in [1.29, 1.82) is 0 Å². The highest BCUT2D eigenvalue weighted by molar-refractivity contribution is 7.91. The molecule has 2 unspecified atom stereocenters. The van der Waals surface area contributed by atoms with Crippen LogP contribution in [0.4, 0.5) is 0 Å². The largest absolute Gasteiger partial charge is 0.336 e. The third kappa shape index (κ3) is 7.42. The van der Waals surface area contributed by atoms with Gasteiger partial charge < -0.3 is 10.6 Å². The maximum atomic E-state index is 13.2. The molecule has 2 amide bonds. The second-order valence-electron chi connectivity index (χ2n) is 13.2. The maximum Gasteiger partial charge on any atom is 0.252 e. The summed E-state index contributed by atoms with van der Waals surface area (Å²) in [6.07, 6.45) is 6.52. The van der Waals surface area contributed by atoms with E-state index in [1.807, 2.05) is 0 Å². The zero-order valence-corrected chi connectivity index (χ0v) is 28.1. The summed E-state index contributed by atoms with van der Waals surface area (Å²) in [4.78, 5) is 39.0. The molecular formula is C33H44N4O8S2. The molecular weight excluding hydrogens is 645 g/mol. The molecule has 2 heterocycles. The number of sulfone groups is 2. The number of nitrogens with zero attached hydrogens (tertiary/aromatic N) is 2. The molecule has 2 aliphatic heterocycles. The predicted molar refractivity (Wildman–Crippen MR) is 173 cm³/mol. The number of benzene rings is 2. The summed E-state index contributed by atoms with van der Waals surface area (Å²) in [5, 5.41) is 8.92. The topological polar surface area (TPSA) is 151 Å². The van der Waals surface area contributed by atoms with Gasteiger partial charge in [-0.2, -0.15) is 10.1 Å². The van der Waals surface area contributed by atoms with Crippen LogP contribution in [0.1, 0.15) is 64.2 Å². The van der Waals surface area contributed by atoms with Crippen LogP contribution in [0, 0.1) is 0 Å². The molecule has 2 atom stereocenters. The van der Waals surface area contributed by atoms with Crippen molar-refractivity contribution in [3.63, 3.8) is 0 Å². The highest BCUT2D eigenvalue weighted by Crippen LogP contribution is 2.45. The molecule has 256 valence electrons.